The van der Waals surface area contributed by atoms with Crippen LogP contribution in [0, 0.1) is 11.3 Å². The summed E-state index contributed by atoms with van der Waals surface area (Å²) in [6.07, 6.45) is 1.62. The lowest BCUT2D eigenvalue weighted by Crippen LogP contribution is -2.30. The number of hydrogen-bond donors (Lipinski definition) is 1. The molecule has 1 amide bonds. The van der Waals surface area contributed by atoms with Gasteiger partial charge in [0.05, 0.1) is 0 Å². The van der Waals surface area contributed by atoms with Crippen molar-refractivity contribution in [2.75, 3.05) is 0 Å². The minimum atomic E-state index is -0.331. The predicted octanol–water partition coefficient (Wildman–Crippen LogP) is 3.42. The molecule has 3 heteroatoms. The molecule has 1 N–H and O–H groups in total. The molecule has 1 aromatic carbocycles. The first-order valence-electron chi connectivity index (χ1n) is 6.77. The summed E-state index contributed by atoms with van der Waals surface area (Å²) < 4.78 is 0. The van der Waals surface area contributed by atoms with E-state index in [1.165, 1.54) is 5.56 Å². The number of nitrogens with zero attached hydrogens (tertiary/aromatic N) is 1. The lowest BCUT2D eigenvalue weighted by atomic mass is 9.86. The van der Waals surface area contributed by atoms with Crippen LogP contribution >= 0.6 is 0 Å². The summed E-state index contributed by atoms with van der Waals surface area (Å²) in [5.41, 5.74) is 2.30. The fraction of sp³-hybridized carbons (Fsp3) is 0.412. The second kappa shape index (κ2) is 6.38. The summed E-state index contributed by atoms with van der Waals surface area (Å²) in [4.78, 5) is 11.8. The van der Waals surface area contributed by atoms with E-state index < -0.39 is 0 Å². The van der Waals surface area contributed by atoms with Gasteiger partial charge in [-0.15, -0.1) is 0 Å². The Bertz CT molecular complexity index is 540. The van der Waals surface area contributed by atoms with Crippen molar-refractivity contribution < 1.29 is 4.79 Å². The van der Waals surface area contributed by atoms with E-state index >= 15 is 0 Å². The van der Waals surface area contributed by atoms with Crippen LogP contribution in [0.5, 0.6) is 0 Å². The third-order valence-electron chi connectivity index (χ3n) is 2.87. The molecule has 0 aliphatic carbocycles. The molecule has 0 unspecified atom stereocenters. The van der Waals surface area contributed by atoms with E-state index in [9.17, 15) is 4.79 Å². The minimum Gasteiger partial charge on any atom is -0.349 e. The maximum atomic E-state index is 11.8. The van der Waals surface area contributed by atoms with Crippen LogP contribution in [0.2, 0.25) is 0 Å². The lowest BCUT2D eigenvalue weighted by Gasteiger charge is -2.18. The molecule has 0 aromatic heterocycles. The van der Waals surface area contributed by atoms with Crippen LogP contribution < -0.4 is 5.32 Å². The average molecular weight is 270 g/mol. The minimum absolute atomic E-state index is 0.0162. The maximum absolute atomic E-state index is 11.8. The molecule has 3 nitrogen and oxygen atoms in total. The molecular weight excluding hydrogens is 248 g/mol. The Kier molecular flexibility index (Phi) is 5.10. The van der Waals surface area contributed by atoms with Crippen LogP contribution in [0.1, 0.15) is 45.7 Å². The number of rotatable bonds is 3. The van der Waals surface area contributed by atoms with Gasteiger partial charge in [0.2, 0.25) is 0 Å². The predicted molar refractivity (Wildman–Crippen MR) is 82.0 cm³/mol. The number of nitriles is 1. The van der Waals surface area contributed by atoms with Crippen LogP contribution in [-0.2, 0) is 10.2 Å². The number of carbonyl (C=O) groups is 1. The zero-order valence-corrected chi connectivity index (χ0v) is 12.8. The molecule has 0 heterocycles. The smallest absolute Gasteiger partial charge is 0.262 e. The molecule has 20 heavy (non-hydrogen) atoms. The van der Waals surface area contributed by atoms with Gasteiger partial charge in [0.25, 0.3) is 5.91 Å². The topological polar surface area (TPSA) is 52.9 Å². The van der Waals surface area contributed by atoms with Gasteiger partial charge in [-0.3, -0.25) is 4.79 Å². The van der Waals surface area contributed by atoms with Gasteiger partial charge >= 0.3 is 0 Å². The first-order chi connectivity index (χ1) is 9.24. The molecule has 106 valence electrons. The Morgan fingerprint density at radius 1 is 1.25 bits per heavy atom. The van der Waals surface area contributed by atoms with Crippen LogP contribution in [0.3, 0.4) is 0 Å². The zero-order chi connectivity index (χ0) is 15.3. The molecule has 1 rings (SSSR count). The summed E-state index contributed by atoms with van der Waals surface area (Å²) >= 11 is 0. The highest BCUT2D eigenvalue weighted by Gasteiger charge is 2.13. The third-order valence-corrected chi connectivity index (χ3v) is 2.87. The highest BCUT2D eigenvalue weighted by atomic mass is 16.1. The number of nitrogens with one attached hydrogen (secondary N) is 1. The molecule has 1 aromatic rings. The molecular formula is C17H22N2O. The second-order valence-corrected chi connectivity index (χ2v) is 6.17. The van der Waals surface area contributed by atoms with E-state index in [1.807, 2.05) is 44.2 Å². The van der Waals surface area contributed by atoms with Gasteiger partial charge in [0.15, 0.2) is 0 Å². The SMILES string of the molecule is CC(C)NC(=O)/C(C#N)=C\c1ccc(C(C)(C)C)cc1. The summed E-state index contributed by atoms with van der Waals surface area (Å²) in [6, 6.07) is 9.89. The van der Waals surface area contributed by atoms with Crippen molar-refractivity contribution in [2.45, 2.75) is 46.1 Å². The number of amides is 1. The Morgan fingerprint density at radius 3 is 2.20 bits per heavy atom. The van der Waals surface area contributed by atoms with E-state index in [-0.39, 0.29) is 22.9 Å². The zero-order valence-electron chi connectivity index (χ0n) is 12.8. The first kappa shape index (κ1) is 16.0. The highest BCUT2D eigenvalue weighted by molar-refractivity contribution is 6.01. The van der Waals surface area contributed by atoms with E-state index in [1.54, 1.807) is 6.08 Å². The van der Waals surface area contributed by atoms with Gasteiger partial charge in [0, 0.05) is 6.04 Å². The number of carbonyl (C=O) groups excluding carboxylic acids is 1. The molecule has 0 radical (unpaired) electrons. The maximum Gasteiger partial charge on any atom is 0.262 e. The molecule has 0 atom stereocenters. The fourth-order valence-corrected chi connectivity index (χ4v) is 1.73. The van der Waals surface area contributed by atoms with Crippen molar-refractivity contribution in [1.82, 2.24) is 5.32 Å². The summed E-state index contributed by atoms with van der Waals surface area (Å²) in [7, 11) is 0. The Morgan fingerprint density at radius 2 is 1.80 bits per heavy atom. The number of benzene rings is 1. The van der Waals surface area contributed by atoms with Gasteiger partial charge in [-0.25, -0.2) is 0 Å². The normalized spacial score (nSPS) is 12.2. The first-order valence-corrected chi connectivity index (χ1v) is 6.77. The molecule has 0 spiro atoms. The molecule has 0 fully saturated rings. The van der Waals surface area contributed by atoms with E-state index in [2.05, 4.69) is 26.1 Å². The molecule has 0 bridgehead atoms. The standard InChI is InChI=1S/C17H22N2O/c1-12(2)19-16(20)14(11-18)10-13-6-8-15(9-7-13)17(3,4)5/h6-10,12H,1-5H3,(H,19,20)/b14-10-. The second-order valence-electron chi connectivity index (χ2n) is 6.17. The monoisotopic (exact) mass is 270 g/mol. The van der Waals surface area contributed by atoms with Crippen molar-refractivity contribution in [1.29, 1.82) is 5.26 Å². The van der Waals surface area contributed by atoms with E-state index in [0.29, 0.717) is 0 Å². The van der Waals surface area contributed by atoms with Crippen molar-refractivity contribution in [3.63, 3.8) is 0 Å². The van der Waals surface area contributed by atoms with Gasteiger partial charge in [-0.2, -0.15) is 5.26 Å². The van der Waals surface area contributed by atoms with Crippen LogP contribution in [0.15, 0.2) is 29.8 Å². The third kappa shape index (κ3) is 4.55. The van der Waals surface area contributed by atoms with Gasteiger partial charge in [-0.1, -0.05) is 45.0 Å². The Labute approximate surface area is 121 Å². The van der Waals surface area contributed by atoms with E-state index in [0.717, 1.165) is 5.56 Å². The van der Waals surface area contributed by atoms with Crippen LogP contribution in [-0.4, -0.2) is 11.9 Å². The fourth-order valence-electron chi connectivity index (χ4n) is 1.73. The summed E-state index contributed by atoms with van der Waals surface area (Å²) in [5, 5.41) is 11.8. The van der Waals surface area contributed by atoms with Gasteiger partial charge in [-0.05, 0) is 36.5 Å². The highest BCUT2D eigenvalue weighted by Crippen LogP contribution is 2.22. The molecule has 0 saturated carbocycles. The van der Waals surface area contributed by atoms with Gasteiger partial charge < -0.3 is 5.32 Å². The van der Waals surface area contributed by atoms with Crippen molar-refractivity contribution in [2.24, 2.45) is 0 Å². The summed E-state index contributed by atoms with van der Waals surface area (Å²) in [5.74, 6) is -0.331. The molecule has 0 aliphatic heterocycles. The Hall–Kier alpha value is -2.08. The number of hydrogen-bond acceptors (Lipinski definition) is 2. The van der Waals surface area contributed by atoms with Crippen molar-refractivity contribution >= 4 is 12.0 Å². The quantitative estimate of drug-likeness (QED) is 0.676. The summed E-state index contributed by atoms with van der Waals surface area (Å²) in [6.45, 7) is 10.2. The van der Waals surface area contributed by atoms with E-state index in [4.69, 9.17) is 5.26 Å². The molecule has 0 aliphatic rings. The molecule has 0 saturated heterocycles. The average Bonchev–Trinajstić information content (AvgIpc) is 2.34. The lowest BCUT2D eigenvalue weighted by molar-refractivity contribution is -0.117. The van der Waals surface area contributed by atoms with Gasteiger partial charge in [0.1, 0.15) is 11.6 Å². The largest absolute Gasteiger partial charge is 0.349 e. The van der Waals surface area contributed by atoms with Crippen LogP contribution in [0.25, 0.3) is 6.08 Å². The van der Waals surface area contributed by atoms with Crippen molar-refractivity contribution in [3.8, 4) is 6.07 Å². The van der Waals surface area contributed by atoms with Crippen LogP contribution in [0.4, 0.5) is 0 Å². The van der Waals surface area contributed by atoms with Crippen molar-refractivity contribution in [3.05, 3.63) is 41.0 Å². The Balaban J connectivity index is 2.97.